The summed E-state index contributed by atoms with van der Waals surface area (Å²) in [4.78, 5) is 24.0. The first-order chi connectivity index (χ1) is 11.1. The zero-order valence-corrected chi connectivity index (χ0v) is 12.6. The minimum atomic E-state index is -0.380. The molecule has 0 aliphatic carbocycles. The van der Waals surface area contributed by atoms with Gasteiger partial charge in [-0.25, -0.2) is 0 Å². The number of terminal acetylenes is 1. The molecule has 0 radical (unpaired) electrons. The molecule has 0 atom stereocenters. The van der Waals surface area contributed by atoms with Crippen molar-refractivity contribution in [1.82, 2.24) is 5.32 Å². The highest BCUT2D eigenvalue weighted by Gasteiger charge is 2.12. The fourth-order valence-electron chi connectivity index (χ4n) is 1.98. The Hall–Kier alpha value is -3.26. The van der Waals surface area contributed by atoms with Crippen LogP contribution in [0.5, 0.6) is 5.75 Å². The lowest BCUT2D eigenvalue weighted by Crippen LogP contribution is -2.33. The summed E-state index contributed by atoms with van der Waals surface area (Å²) in [5.74, 6) is 2.22. The highest BCUT2D eigenvalue weighted by atomic mass is 16.5. The first-order valence-electron chi connectivity index (χ1n) is 6.92. The number of benzene rings is 2. The van der Waals surface area contributed by atoms with Crippen LogP contribution in [-0.2, 0) is 4.79 Å². The van der Waals surface area contributed by atoms with Crippen molar-refractivity contribution in [3.05, 3.63) is 59.7 Å². The quantitative estimate of drug-likeness (QED) is 0.831. The predicted octanol–water partition coefficient (Wildman–Crippen LogP) is 2.04. The standard InChI is InChI=1S/C18H16N2O3/c1-3-13-7-6-8-14(11-13)20-17(21)12-19-18(22)15-9-4-5-10-16(15)23-2/h1,4-11H,12H2,2H3,(H,19,22)(H,20,21). The van der Waals surface area contributed by atoms with Gasteiger partial charge < -0.3 is 15.4 Å². The summed E-state index contributed by atoms with van der Waals surface area (Å²) in [5, 5.41) is 5.22. The number of carbonyl (C=O) groups excluding carboxylic acids is 2. The minimum absolute atomic E-state index is 0.156. The van der Waals surface area contributed by atoms with E-state index in [1.54, 1.807) is 48.5 Å². The third-order valence-electron chi connectivity index (χ3n) is 3.07. The Balaban J connectivity index is 1.94. The zero-order chi connectivity index (χ0) is 16.7. The minimum Gasteiger partial charge on any atom is -0.496 e. The van der Waals surface area contributed by atoms with Gasteiger partial charge in [-0.05, 0) is 30.3 Å². The van der Waals surface area contributed by atoms with E-state index < -0.39 is 0 Å². The van der Waals surface area contributed by atoms with Crippen LogP contribution < -0.4 is 15.4 Å². The van der Waals surface area contributed by atoms with Crippen LogP contribution >= 0.6 is 0 Å². The number of nitrogens with one attached hydrogen (secondary N) is 2. The van der Waals surface area contributed by atoms with E-state index in [1.165, 1.54) is 7.11 Å². The average Bonchev–Trinajstić information content (AvgIpc) is 2.59. The van der Waals surface area contributed by atoms with Crippen LogP contribution in [0.2, 0.25) is 0 Å². The van der Waals surface area contributed by atoms with Crippen molar-refractivity contribution in [3.63, 3.8) is 0 Å². The second kappa shape index (κ2) is 7.66. The molecule has 0 saturated heterocycles. The molecule has 2 rings (SSSR count). The van der Waals surface area contributed by atoms with Gasteiger partial charge >= 0.3 is 0 Å². The summed E-state index contributed by atoms with van der Waals surface area (Å²) in [6.45, 7) is -0.156. The fourth-order valence-corrected chi connectivity index (χ4v) is 1.98. The Morgan fingerprint density at radius 2 is 1.96 bits per heavy atom. The van der Waals surface area contributed by atoms with Crippen molar-refractivity contribution < 1.29 is 14.3 Å². The second-order valence-electron chi connectivity index (χ2n) is 4.66. The van der Waals surface area contributed by atoms with Gasteiger partial charge in [-0.1, -0.05) is 24.1 Å². The van der Waals surface area contributed by atoms with E-state index in [2.05, 4.69) is 16.6 Å². The van der Waals surface area contributed by atoms with E-state index in [0.717, 1.165) is 0 Å². The summed E-state index contributed by atoms with van der Waals surface area (Å²) < 4.78 is 5.11. The molecule has 0 unspecified atom stereocenters. The van der Waals surface area contributed by atoms with Crippen molar-refractivity contribution in [3.8, 4) is 18.1 Å². The zero-order valence-electron chi connectivity index (χ0n) is 12.6. The highest BCUT2D eigenvalue weighted by Crippen LogP contribution is 2.16. The molecule has 5 heteroatoms. The van der Waals surface area contributed by atoms with Crippen LogP contribution in [0.3, 0.4) is 0 Å². The number of hydrogen-bond donors (Lipinski definition) is 2. The largest absolute Gasteiger partial charge is 0.496 e. The van der Waals surface area contributed by atoms with Crippen LogP contribution in [-0.4, -0.2) is 25.5 Å². The number of ether oxygens (including phenoxy) is 1. The molecule has 0 fully saturated rings. The average molecular weight is 308 g/mol. The molecule has 5 nitrogen and oxygen atoms in total. The summed E-state index contributed by atoms with van der Waals surface area (Å²) in [6, 6.07) is 13.7. The number of hydrogen-bond acceptors (Lipinski definition) is 3. The molecule has 0 heterocycles. The maximum atomic E-state index is 12.1. The van der Waals surface area contributed by atoms with E-state index in [-0.39, 0.29) is 18.4 Å². The van der Waals surface area contributed by atoms with Gasteiger partial charge in [-0.3, -0.25) is 9.59 Å². The first-order valence-corrected chi connectivity index (χ1v) is 6.92. The third kappa shape index (κ3) is 4.35. The van der Waals surface area contributed by atoms with Crippen LogP contribution in [0.15, 0.2) is 48.5 Å². The van der Waals surface area contributed by atoms with Crippen molar-refractivity contribution in [2.75, 3.05) is 19.0 Å². The van der Waals surface area contributed by atoms with Crippen molar-refractivity contribution >= 4 is 17.5 Å². The Kier molecular flexibility index (Phi) is 5.37. The molecule has 0 aromatic heterocycles. The Morgan fingerprint density at radius 1 is 1.17 bits per heavy atom. The molecular formula is C18H16N2O3. The number of carbonyl (C=O) groups is 2. The number of amides is 2. The first kappa shape index (κ1) is 16.1. The van der Waals surface area contributed by atoms with Crippen LogP contribution in [0.1, 0.15) is 15.9 Å². The van der Waals surface area contributed by atoms with Crippen LogP contribution in [0.25, 0.3) is 0 Å². The summed E-state index contributed by atoms with van der Waals surface area (Å²) in [7, 11) is 1.48. The topological polar surface area (TPSA) is 67.4 Å². The number of anilines is 1. The number of para-hydroxylation sites is 1. The molecule has 2 amide bonds. The van der Waals surface area contributed by atoms with Crippen molar-refractivity contribution in [2.24, 2.45) is 0 Å². The van der Waals surface area contributed by atoms with Gasteiger partial charge in [0.15, 0.2) is 0 Å². The van der Waals surface area contributed by atoms with Crippen molar-refractivity contribution in [1.29, 1.82) is 0 Å². The normalized spacial score (nSPS) is 9.57. The molecule has 2 aromatic carbocycles. The predicted molar refractivity (Wildman–Crippen MR) is 88.3 cm³/mol. The Morgan fingerprint density at radius 3 is 2.70 bits per heavy atom. The SMILES string of the molecule is C#Cc1cccc(NC(=O)CNC(=O)c2ccccc2OC)c1. The van der Waals surface area contributed by atoms with Gasteiger partial charge in [0.2, 0.25) is 5.91 Å². The number of rotatable bonds is 5. The second-order valence-corrected chi connectivity index (χ2v) is 4.66. The maximum absolute atomic E-state index is 12.1. The fraction of sp³-hybridized carbons (Fsp3) is 0.111. The van der Waals surface area contributed by atoms with E-state index in [4.69, 9.17) is 11.2 Å². The summed E-state index contributed by atoms with van der Waals surface area (Å²) in [5.41, 5.74) is 1.62. The van der Waals surface area contributed by atoms with Gasteiger partial charge in [-0.15, -0.1) is 6.42 Å². The maximum Gasteiger partial charge on any atom is 0.255 e. The molecular weight excluding hydrogens is 292 g/mol. The molecule has 23 heavy (non-hydrogen) atoms. The van der Waals surface area contributed by atoms with E-state index in [0.29, 0.717) is 22.6 Å². The van der Waals surface area contributed by atoms with E-state index in [1.807, 2.05) is 0 Å². The highest BCUT2D eigenvalue weighted by molar-refractivity contribution is 6.00. The van der Waals surface area contributed by atoms with Gasteiger partial charge in [0, 0.05) is 11.3 Å². The van der Waals surface area contributed by atoms with Crippen LogP contribution in [0.4, 0.5) is 5.69 Å². The van der Waals surface area contributed by atoms with E-state index in [9.17, 15) is 9.59 Å². The molecule has 0 aliphatic rings. The van der Waals surface area contributed by atoms with Gasteiger partial charge in [0.25, 0.3) is 5.91 Å². The lowest BCUT2D eigenvalue weighted by molar-refractivity contribution is -0.115. The van der Waals surface area contributed by atoms with Gasteiger partial charge in [0.05, 0.1) is 19.2 Å². The Bertz CT molecular complexity index is 763. The molecule has 0 spiro atoms. The molecule has 2 aromatic rings. The monoisotopic (exact) mass is 308 g/mol. The molecule has 0 bridgehead atoms. The Labute approximate surface area is 134 Å². The molecule has 2 N–H and O–H groups in total. The lowest BCUT2D eigenvalue weighted by Gasteiger charge is -2.09. The molecule has 116 valence electrons. The summed E-state index contributed by atoms with van der Waals surface area (Å²) >= 11 is 0. The lowest BCUT2D eigenvalue weighted by atomic mass is 10.2. The van der Waals surface area contributed by atoms with Crippen molar-refractivity contribution in [2.45, 2.75) is 0 Å². The third-order valence-corrected chi connectivity index (χ3v) is 3.07. The van der Waals surface area contributed by atoms with Gasteiger partial charge in [-0.2, -0.15) is 0 Å². The van der Waals surface area contributed by atoms with E-state index >= 15 is 0 Å². The smallest absolute Gasteiger partial charge is 0.255 e. The molecule has 0 saturated carbocycles. The van der Waals surface area contributed by atoms with Crippen LogP contribution in [0, 0.1) is 12.3 Å². The number of methoxy groups -OCH3 is 1. The molecule has 0 aliphatic heterocycles. The van der Waals surface area contributed by atoms with Gasteiger partial charge in [0.1, 0.15) is 5.75 Å². The summed E-state index contributed by atoms with van der Waals surface area (Å²) in [6.07, 6.45) is 5.31.